The second kappa shape index (κ2) is 4.14. The van der Waals surface area contributed by atoms with Crippen molar-refractivity contribution in [3.05, 3.63) is 29.0 Å². The van der Waals surface area contributed by atoms with Crippen LogP contribution in [0.3, 0.4) is 0 Å². The molecule has 0 aliphatic heterocycles. The molecule has 1 aliphatic carbocycles. The van der Waals surface area contributed by atoms with Gasteiger partial charge in [0, 0.05) is 6.54 Å². The molecule has 1 fully saturated rings. The average molecular weight is 283 g/mol. The molecular formula is C14H16Cl2N2. The number of alkyl halides is 1. The van der Waals surface area contributed by atoms with Crippen molar-refractivity contribution in [1.29, 1.82) is 0 Å². The van der Waals surface area contributed by atoms with Gasteiger partial charge >= 0.3 is 0 Å². The number of nitrogens with zero attached hydrogens (tertiary/aromatic N) is 2. The maximum Gasteiger partial charge on any atom is 0.124 e. The predicted molar refractivity (Wildman–Crippen MR) is 76.2 cm³/mol. The molecule has 1 aromatic carbocycles. The highest BCUT2D eigenvalue weighted by atomic mass is 35.5. The summed E-state index contributed by atoms with van der Waals surface area (Å²) >= 11 is 12.2. The number of aromatic nitrogens is 2. The lowest BCUT2D eigenvalue weighted by molar-refractivity contribution is 0.498. The number of fused-ring (bicyclic) bond motifs is 1. The maximum atomic E-state index is 6.19. The molecular weight excluding hydrogens is 267 g/mol. The van der Waals surface area contributed by atoms with Gasteiger partial charge in [0.15, 0.2) is 0 Å². The molecule has 0 spiro atoms. The van der Waals surface area contributed by atoms with E-state index in [2.05, 4.69) is 29.5 Å². The van der Waals surface area contributed by atoms with Gasteiger partial charge in [0.05, 0.1) is 16.4 Å². The van der Waals surface area contributed by atoms with Crippen molar-refractivity contribution >= 4 is 34.2 Å². The van der Waals surface area contributed by atoms with E-state index in [1.165, 1.54) is 6.42 Å². The van der Waals surface area contributed by atoms with Gasteiger partial charge in [-0.15, -0.1) is 11.6 Å². The van der Waals surface area contributed by atoms with Crippen LogP contribution in [0.5, 0.6) is 0 Å². The number of para-hydroxylation sites is 1. The van der Waals surface area contributed by atoms with Gasteiger partial charge in [-0.3, -0.25) is 0 Å². The molecule has 1 aromatic heterocycles. The molecule has 4 heteroatoms. The van der Waals surface area contributed by atoms with E-state index < -0.39 is 0 Å². The summed E-state index contributed by atoms with van der Waals surface area (Å²) < 4.78 is 2.23. The Labute approximate surface area is 117 Å². The van der Waals surface area contributed by atoms with Crippen molar-refractivity contribution in [2.75, 3.05) is 0 Å². The fourth-order valence-electron chi connectivity index (χ4n) is 2.57. The lowest BCUT2D eigenvalue weighted by Gasteiger charge is -2.09. The van der Waals surface area contributed by atoms with Crippen LogP contribution in [0.4, 0.5) is 0 Å². The molecule has 2 nitrogen and oxygen atoms in total. The Morgan fingerprint density at radius 3 is 2.78 bits per heavy atom. The van der Waals surface area contributed by atoms with Gasteiger partial charge in [0.25, 0.3) is 0 Å². The van der Waals surface area contributed by atoms with Crippen molar-refractivity contribution in [2.24, 2.45) is 11.3 Å². The van der Waals surface area contributed by atoms with Crippen molar-refractivity contribution in [2.45, 2.75) is 32.7 Å². The van der Waals surface area contributed by atoms with Crippen LogP contribution in [-0.2, 0) is 12.4 Å². The highest BCUT2D eigenvalue weighted by Crippen LogP contribution is 2.52. The molecule has 1 unspecified atom stereocenters. The van der Waals surface area contributed by atoms with Gasteiger partial charge in [-0.2, -0.15) is 0 Å². The monoisotopic (exact) mass is 282 g/mol. The molecule has 1 atom stereocenters. The van der Waals surface area contributed by atoms with Crippen molar-refractivity contribution in [3.63, 3.8) is 0 Å². The Bertz CT molecular complexity index is 601. The van der Waals surface area contributed by atoms with Gasteiger partial charge in [-0.25, -0.2) is 4.98 Å². The zero-order chi connectivity index (χ0) is 12.9. The summed E-state index contributed by atoms with van der Waals surface area (Å²) in [5, 5.41) is 0.702. The molecule has 0 radical (unpaired) electrons. The van der Waals surface area contributed by atoms with Gasteiger partial charge in [0.2, 0.25) is 0 Å². The molecule has 1 aliphatic rings. The van der Waals surface area contributed by atoms with E-state index in [0.717, 1.165) is 29.3 Å². The summed E-state index contributed by atoms with van der Waals surface area (Å²) in [5.74, 6) is 2.07. The lowest BCUT2D eigenvalue weighted by atomic mass is 10.1. The minimum absolute atomic E-state index is 0.429. The van der Waals surface area contributed by atoms with Gasteiger partial charge in [-0.05, 0) is 29.9 Å². The molecule has 96 valence electrons. The van der Waals surface area contributed by atoms with E-state index in [-0.39, 0.29) is 0 Å². The van der Waals surface area contributed by atoms with E-state index >= 15 is 0 Å². The van der Waals surface area contributed by atoms with Crippen molar-refractivity contribution < 1.29 is 0 Å². The fraction of sp³-hybridized carbons (Fsp3) is 0.500. The second-order valence-corrected chi connectivity index (χ2v) is 6.44. The first-order valence-corrected chi connectivity index (χ1v) is 7.14. The first-order valence-electron chi connectivity index (χ1n) is 6.22. The molecule has 2 aromatic rings. The van der Waals surface area contributed by atoms with Crippen LogP contribution >= 0.6 is 23.2 Å². The Morgan fingerprint density at radius 2 is 2.17 bits per heavy atom. The summed E-state index contributed by atoms with van der Waals surface area (Å²) in [6.07, 6.45) is 1.27. The molecule has 0 N–H and O–H groups in total. The summed E-state index contributed by atoms with van der Waals surface area (Å²) in [6.45, 7) is 5.61. The second-order valence-electron chi connectivity index (χ2n) is 5.77. The Kier molecular flexibility index (Phi) is 2.83. The molecule has 0 bridgehead atoms. The maximum absolute atomic E-state index is 6.19. The Balaban J connectivity index is 2.06. The number of hydrogen-bond acceptors (Lipinski definition) is 1. The first kappa shape index (κ1) is 12.3. The molecule has 1 heterocycles. The summed E-state index contributed by atoms with van der Waals surface area (Å²) in [6, 6.07) is 5.92. The minimum Gasteiger partial charge on any atom is -0.327 e. The fourth-order valence-corrected chi connectivity index (χ4v) is 2.99. The predicted octanol–water partition coefficient (Wildman–Crippen LogP) is 4.47. The van der Waals surface area contributed by atoms with E-state index in [9.17, 15) is 0 Å². The van der Waals surface area contributed by atoms with Crippen LogP contribution in [0.2, 0.25) is 5.02 Å². The Hall–Kier alpha value is -0.730. The largest absolute Gasteiger partial charge is 0.327 e. The quantitative estimate of drug-likeness (QED) is 0.760. The third kappa shape index (κ3) is 1.92. The molecule has 0 saturated heterocycles. The summed E-state index contributed by atoms with van der Waals surface area (Å²) in [4.78, 5) is 4.56. The zero-order valence-corrected chi connectivity index (χ0v) is 12.1. The van der Waals surface area contributed by atoms with Crippen LogP contribution < -0.4 is 0 Å². The standard InChI is InChI=1S/C14H16Cl2N2/c1-14(2)6-9(14)8-18-11-5-3-4-10(16)13(11)17-12(18)7-15/h3-5,9H,6-8H2,1-2H3. The van der Waals surface area contributed by atoms with Gasteiger partial charge in [0.1, 0.15) is 11.3 Å². The average Bonchev–Trinajstić information content (AvgIpc) is 2.77. The van der Waals surface area contributed by atoms with Crippen molar-refractivity contribution in [1.82, 2.24) is 9.55 Å². The Morgan fingerprint density at radius 1 is 1.44 bits per heavy atom. The number of hydrogen-bond donors (Lipinski definition) is 0. The highest BCUT2D eigenvalue weighted by Gasteiger charge is 2.45. The van der Waals surface area contributed by atoms with Crippen LogP contribution in [0.1, 0.15) is 26.1 Å². The number of imidazole rings is 1. The van der Waals surface area contributed by atoms with Crippen LogP contribution in [-0.4, -0.2) is 9.55 Å². The van der Waals surface area contributed by atoms with Gasteiger partial charge < -0.3 is 4.57 Å². The van der Waals surface area contributed by atoms with E-state index in [1.807, 2.05) is 12.1 Å². The molecule has 3 rings (SSSR count). The third-order valence-electron chi connectivity index (χ3n) is 4.05. The number of benzene rings is 1. The van der Waals surface area contributed by atoms with Crippen molar-refractivity contribution in [3.8, 4) is 0 Å². The lowest BCUT2D eigenvalue weighted by Crippen LogP contribution is -2.06. The van der Waals surface area contributed by atoms with Gasteiger partial charge in [-0.1, -0.05) is 31.5 Å². The highest BCUT2D eigenvalue weighted by molar-refractivity contribution is 6.35. The van der Waals surface area contributed by atoms with Crippen LogP contribution in [0, 0.1) is 11.3 Å². The SMILES string of the molecule is CC1(C)CC1Cn1c(CCl)nc2c(Cl)cccc21. The summed E-state index contributed by atoms with van der Waals surface area (Å²) in [7, 11) is 0. The molecule has 1 saturated carbocycles. The normalized spacial score (nSPS) is 21.4. The zero-order valence-electron chi connectivity index (χ0n) is 10.6. The summed E-state index contributed by atoms with van der Waals surface area (Å²) in [5.41, 5.74) is 2.42. The first-order chi connectivity index (χ1) is 8.53. The number of halogens is 2. The topological polar surface area (TPSA) is 17.8 Å². The minimum atomic E-state index is 0.429. The van der Waals surface area contributed by atoms with E-state index in [1.54, 1.807) is 0 Å². The number of rotatable bonds is 3. The van der Waals surface area contributed by atoms with E-state index in [4.69, 9.17) is 23.2 Å². The smallest absolute Gasteiger partial charge is 0.124 e. The third-order valence-corrected chi connectivity index (χ3v) is 4.59. The molecule has 0 amide bonds. The van der Waals surface area contributed by atoms with Crippen LogP contribution in [0.15, 0.2) is 18.2 Å². The molecule has 18 heavy (non-hydrogen) atoms. The van der Waals surface area contributed by atoms with Crippen LogP contribution in [0.25, 0.3) is 11.0 Å². The van der Waals surface area contributed by atoms with E-state index in [0.29, 0.717) is 16.3 Å².